The molecule has 2 heterocycles. The topological polar surface area (TPSA) is 72.6 Å². The first-order valence-electron chi connectivity index (χ1n) is 9.69. The number of halogens is 1. The SMILES string of the molecule is COc1ccc(CN(Cc2coc(-c3cccc(F)c3)n2)C2CCS(=O)(=O)C2)cc1. The van der Waals surface area contributed by atoms with Crippen molar-refractivity contribution in [1.29, 1.82) is 0 Å². The van der Waals surface area contributed by atoms with Crippen LogP contribution in [-0.2, 0) is 22.9 Å². The van der Waals surface area contributed by atoms with E-state index in [1.54, 1.807) is 25.5 Å². The number of hydrogen-bond donors (Lipinski definition) is 0. The molecule has 0 radical (unpaired) electrons. The van der Waals surface area contributed by atoms with Crippen LogP contribution in [0.15, 0.2) is 59.2 Å². The minimum atomic E-state index is -3.03. The van der Waals surface area contributed by atoms with Crippen molar-refractivity contribution in [2.75, 3.05) is 18.6 Å². The van der Waals surface area contributed by atoms with Crippen molar-refractivity contribution in [3.05, 3.63) is 71.9 Å². The Labute approximate surface area is 175 Å². The Balaban J connectivity index is 1.55. The molecular weight excluding hydrogens is 407 g/mol. The molecule has 1 atom stereocenters. The van der Waals surface area contributed by atoms with Gasteiger partial charge in [-0.25, -0.2) is 17.8 Å². The molecule has 0 amide bonds. The van der Waals surface area contributed by atoms with E-state index in [4.69, 9.17) is 9.15 Å². The predicted octanol–water partition coefficient (Wildman–Crippen LogP) is 3.68. The van der Waals surface area contributed by atoms with Gasteiger partial charge in [-0.2, -0.15) is 0 Å². The van der Waals surface area contributed by atoms with Crippen LogP contribution in [0.5, 0.6) is 5.75 Å². The Morgan fingerprint density at radius 3 is 2.67 bits per heavy atom. The molecule has 1 aliphatic rings. The fourth-order valence-corrected chi connectivity index (χ4v) is 5.45. The predicted molar refractivity (Wildman–Crippen MR) is 111 cm³/mol. The lowest BCUT2D eigenvalue weighted by Crippen LogP contribution is -2.35. The summed E-state index contributed by atoms with van der Waals surface area (Å²) in [6.07, 6.45) is 2.14. The van der Waals surface area contributed by atoms with Crippen LogP contribution >= 0.6 is 0 Å². The Morgan fingerprint density at radius 2 is 2.00 bits per heavy atom. The molecule has 8 heteroatoms. The van der Waals surface area contributed by atoms with E-state index in [0.29, 0.717) is 36.7 Å². The molecule has 1 unspecified atom stereocenters. The second-order valence-corrected chi connectivity index (χ2v) is 9.69. The number of benzene rings is 2. The van der Waals surface area contributed by atoms with Gasteiger partial charge in [0.05, 0.1) is 24.3 Å². The lowest BCUT2D eigenvalue weighted by atomic mass is 10.1. The van der Waals surface area contributed by atoms with Crippen molar-refractivity contribution in [3.63, 3.8) is 0 Å². The average molecular weight is 431 g/mol. The van der Waals surface area contributed by atoms with Crippen LogP contribution in [0.2, 0.25) is 0 Å². The molecule has 3 aromatic rings. The molecule has 0 bridgehead atoms. The van der Waals surface area contributed by atoms with E-state index < -0.39 is 9.84 Å². The van der Waals surface area contributed by atoms with Gasteiger partial charge in [-0.1, -0.05) is 18.2 Å². The van der Waals surface area contributed by atoms with E-state index in [1.165, 1.54) is 12.1 Å². The zero-order valence-electron chi connectivity index (χ0n) is 16.6. The smallest absolute Gasteiger partial charge is 0.226 e. The number of methoxy groups -OCH3 is 1. The average Bonchev–Trinajstić information content (AvgIpc) is 3.34. The first-order valence-corrected chi connectivity index (χ1v) is 11.5. The summed E-state index contributed by atoms with van der Waals surface area (Å²) in [7, 11) is -1.41. The molecular formula is C22H23FN2O4S. The van der Waals surface area contributed by atoms with Crippen LogP contribution in [-0.4, -0.2) is 43.0 Å². The molecule has 0 N–H and O–H groups in total. The van der Waals surface area contributed by atoms with Crippen molar-refractivity contribution >= 4 is 9.84 Å². The summed E-state index contributed by atoms with van der Waals surface area (Å²) in [6.45, 7) is 1.01. The maximum Gasteiger partial charge on any atom is 0.226 e. The first kappa shape index (κ1) is 20.6. The zero-order valence-corrected chi connectivity index (χ0v) is 17.4. The summed E-state index contributed by atoms with van der Waals surface area (Å²) in [5, 5.41) is 0. The van der Waals surface area contributed by atoms with E-state index in [-0.39, 0.29) is 23.4 Å². The van der Waals surface area contributed by atoms with E-state index in [0.717, 1.165) is 11.3 Å². The van der Waals surface area contributed by atoms with Gasteiger partial charge in [0, 0.05) is 24.7 Å². The number of aromatic nitrogens is 1. The molecule has 1 aromatic heterocycles. The summed E-state index contributed by atoms with van der Waals surface area (Å²) < 4.78 is 48.3. The summed E-state index contributed by atoms with van der Waals surface area (Å²) in [5.41, 5.74) is 2.28. The monoisotopic (exact) mass is 430 g/mol. The van der Waals surface area contributed by atoms with Gasteiger partial charge in [-0.15, -0.1) is 0 Å². The molecule has 0 spiro atoms. The van der Waals surface area contributed by atoms with Gasteiger partial charge < -0.3 is 9.15 Å². The third kappa shape index (κ3) is 4.88. The van der Waals surface area contributed by atoms with Crippen LogP contribution in [0, 0.1) is 5.82 Å². The van der Waals surface area contributed by atoms with Crippen molar-refractivity contribution in [2.45, 2.75) is 25.6 Å². The highest BCUT2D eigenvalue weighted by molar-refractivity contribution is 7.91. The lowest BCUT2D eigenvalue weighted by molar-refractivity contribution is 0.192. The largest absolute Gasteiger partial charge is 0.497 e. The van der Waals surface area contributed by atoms with Crippen molar-refractivity contribution in [1.82, 2.24) is 9.88 Å². The maximum atomic E-state index is 13.5. The Bertz CT molecular complexity index is 1110. The van der Waals surface area contributed by atoms with Gasteiger partial charge in [0.2, 0.25) is 5.89 Å². The highest BCUT2D eigenvalue weighted by atomic mass is 32.2. The highest BCUT2D eigenvalue weighted by Crippen LogP contribution is 2.25. The van der Waals surface area contributed by atoms with Crippen molar-refractivity contribution < 1.29 is 22.0 Å². The van der Waals surface area contributed by atoms with Crippen LogP contribution in [0.1, 0.15) is 17.7 Å². The van der Waals surface area contributed by atoms with Crippen LogP contribution < -0.4 is 4.74 Å². The van der Waals surface area contributed by atoms with E-state index in [1.807, 2.05) is 24.3 Å². The Morgan fingerprint density at radius 1 is 1.20 bits per heavy atom. The van der Waals surface area contributed by atoms with E-state index in [2.05, 4.69) is 9.88 Å². The Kier molecular flexibility index (Phi) is 5.87. The van der Waals surface area contributed by atoms with Gasteiger partial charge in [-0.05, 0) is 42.3 Å². The Hall–Kier alpha value is -2.71. The van der Waals surface area contributed by atoms with Crippen LogP contribution in [0.4, 0.5) is 4.39 Å². The van der Waals surface area contributed by atoms with Gasteiger partial charge >= 0.3 is 0 Å². The number of nitrogens with zero attached hydrogens (tertiary/aromatic N) is 2. The third-order valence-electron chi connectivity index (χ3n) is 5.26. The molecule has 1 fully saturated rings. The third-order valence-corrected chi connectivity index (χ3v) is 7.01. The summed E-state index contributed by atoms with van der Waals surface area (Å²) in [5.74, 6) is 1.09. The molecule has 158 valence electrons. The minimum Gasteiger partial charge on any atom is -0.497 e. The van der Waals surface area contributed by atoms with Gasteiger partial charge in [0.15, 0.2) is 9.84 Å². The summed E-state index contributed by atoms with van der Waals surface area (Å²) >= 11 is 0. The molecule has 6 nitrogen and oxygen atoms in total. The second kappa shape index (κ2) is 8.57. The number of rotatable bonds is 7. The van der Waals surface area contributed by atoms with E-state index in [9.17, 15) is 12.8 Å². The highest BCUT2D eigenvalue weighted by Gasteiger charge is 2.32. The summed E-state index contributed by atoms with van der Waals surface area (Å²) in [4.78, 5) is 6.60. The minimum absolute atomic E-state index is 0.0913. The fourth-order valence-electron chi connectivity index (χ4n) is 3.68. The lowest BCUT2D eigenvalue weighted by Gasteiger charge is -2.27. The number of oxazole rings is 1. The molecule has 1 aliphatic heterocycles. The molecule has 30 heavy (non-hydrogen) atoms. The van der Waals surface area contributed by atoms with E-state index >= 15 is 0 Å². The molecule has 0 saturated carbocycles. The quantitative estimate of drug-likeness (QED) is 0.569. The second-order valence-electron chi connectivity index (χ2n) is 7.46. The number of sulfone groups is 1. The van der Waals surface area contributed by atoms with Gasteiger partial charge in [0.25, 0.3) is 0 Å². The fraction of sp³-hybridized carbons (Fsp3) is 0.318. The number of hydrogen-bond acceptors (Lipinski definition) is 6. The van der Waals surface area contributed by atoms with Gasteiger partial charge in [0.1, 0.15) is 17.8 Å². The first-order chi connectivity index (χ1) is 14.4. The standard InChI is InChI=1S/C22H23FN2O4S/c1-28-21-7-5-16(6-8-21)12-25(20-9-10-30(26,27)15-20)13-19-14-29-22(24-19)17-3-2-4-18(23)11-17/h2-8,11,14,20H,9-10,12-13,15H2,1H3. The zero-order chi connectivity index (χ0) is 21.1. The van der Waals surface area contributed by atoms with Crippen molar-refractivity contribution in [3.8, 4) is 17.2 Å². The van der Waals surface area contributed by atoms with Crippen LogP contribution in [0.3, 0.4) is 0 Å². The molecule has 4 rings (SSSR count). The maximum absolute atomic E-state index is 13.5. The normalized spacial score (nSPS) is 18.0. The molecule has 0 aliphatic carbocycles. The summed E-state index contributed by atoms with van der Waals surface area (Å²) in [6, 6.07) is 13.7. The molecule has 1 saturated heterocycles. The van der Waals surface area contributed by atoms with Crippen LogP contribution in [0.25, 0.3) is 11.5 Å². The van der Waals surface area contributed by atoms with Crippen molar-refractivity contribution in [2.24, 2.45) is 0 Å². The number of ether oxygens (including phenoxy) is 1. The van der Waals surface area contributed by atoms with Gasteiger partial charge in [-0.3, -0.25) is 4.90 Å². The molecule has 2 aromatic carbocycles.